The molecule has 0 saturated heterocycles. The van der Waals surface area contributed by atoms with Gasteiger partial charge >= 0.3 is 0 Å². The van der Waals surface area contributed by atoms with E-state index in [0.29, 0.717) is 22.3 Å². The van der Waals surface area contributed by atoms with Gasteiger partial charge in [-0.25, -0.2) is 9.97 Å². The molecule has 4 aromatic heterocycles. The summed E-state index contributed by atoms with van der Waals surface area (Å²) >= 11 is 0. The molecule has 0 aliphatic heterocycles. The molecular weight excluding hydrogens is 769 g/mol. The van der Waals surface area contributed by atoms with Crippen LogP contribution >= 0.6 is 0 Å². The number of hydrogen-bond donors (Lipinski definition) is 0. The van der Waals surface area contributed by atoms with Crippen LogP contribution in [0.5, 0.6) is 0 Å². The van der Waals surface area contributed by atoms with Crippen molar-refractivity contribution in [3.63, 3.8) is 0 Å². The second-order valence-corrected chi connectivity index (χ2v) is 19.4. The third-order valence-electron chi connectivity index (χ3n) is 11.9. The Labute approximate surface area is 366 Å². The molecule has 0 spiro atoms. The lowest BCUT2D eigenvalue weighted by Gasteiger charge is -2.34. The Balaban J connectivity index is 1.25. The van der Waals surface area contributed by atoms with Crippen LogP contribution in [0.2, 0.25) is 0 Å². The van der Waals surface area contributed by atoms with E-state index in [1.165, 1.54) is 20.7 Å². The molecule has 292 valence electrons. The molecule has 4 heterocycles. The maximum absolute atomic E-state index is 9.12. The highest BCUT2D eigenvalue weighted by Gasteiger charge is 2.41. The summed E-state index contributed by atoms with van der Waals surface area (Å²) in [6.07, 6.45) is 1.63. The molecule has 0 atom stereocenters. The average molecular weight is 812 g/mol. The third-order valence-corrected chi connectivity index (χ3v) is 16.7. The van der Waals surface area contributed by atoms with Gasteiger partial charge in [0.2, 0.25) is 0 Å². The van der Waals surface area contributed by atoms with Gasteiger partial charge in [0, 0.05) is 34.1 Å². The number of pyridine rings is 4. The predicted octanol–water partition coefficient (Wildman–Crippen LogP) is 11.1. The summed E-state index contributed by atoms with van der Waals surface area (Å²) in [5.41, 5.74) is 8.83. The van der Waals surface area contributed by atoms with Crippen molar-refractivity contribution >= 4 is 61.5 Å². The molecule has 0 amide bonds. The van der Waals surface area contributed by atoms with Gasteiger partial charge in [0.1, 0.15) is 0 Å². The lowest BCUT2D eigenvalue weighted by atomic mass is 9.94. The summed E-state index contributed by atoms with van der Waals surface area (Å²) < 4.78 is 26.1. The molecule has 0 aliphatic rings. The molecule has 5 heteroatoms. The van der Waals surface area contributed by atoms with Crippen molar-refractivity contribution in [3.05, 3.63) is 230 Å². The molecule has 11 aromatic rings. The van der Waals surface area contributed by atoms with Crippen LogP contribution in [0.25, 0.3) is 77.6 Å². The van der Waals surface area contributed by atoms with E-state index in [1.807, 2.05) is 36.5 Å². The van der Waals surface area contributed by atoms with Crippen LogP contribution in [-0.4, -0.2) is 28.0 Å². The Morgan fingerprint density at radius 3 is 1.61 bits per heavy atom. The summed E-state index contributed by atoms with van der Waals surface area (Å²) in [6.45, 7) is 1.69. The number of para-hydroxylation sites is 1. The summed E-state index contributed by atoms with van der Waals surface area (Å²) in [5, 5.41) is 7.94. The molecule has 7 aromatic carbocycles. The number of hydrogen-bond acceptors (Lipinski definition) is 4. The quantitative estimate of drug-likeness (QED) is 0.0871. The smallest absolute Gasteiger partial charge is 0.179 e. The van der Waals surface area contributed by atoms with Crippen molar-refractivity contribution in [2.24, 2.45) is 0 Å². The second kappa shape index (κ2) is 15.6. The number of rotatable bonds is 8. The van der Waals surface area contributed by atoms with Crippen LogP contribution in [0, 0.1) is 6.92 Å². The zero-order chi connectivity index (χ0) is 44.1. The normalized spacial score (nSPS) is 12.3. The van der Waals surface area contributed by atoms with Gasteiger partial charge in [0.05, 0.1) is 37.7 Å². The number of benzene rings is 7. The zero-order valence-electron chi connectivity index (χ0n) is 36.9. The molecule has 0 bridgehead atoms. The van der Waals surface area contributed by atoms with Crippen LogP contribution < -0.4 is 20.7 Å². The largest absolute Gasteiger partial charge is 0.256 e. The van der Waals surface area contributed by atoms with Crippen LogP contribution in [0.3, 0.4) is 0 Å². The molecule has 11 rings (SSSR count). The minimum atomic E-state index is -2.89. The zero-order valence-corrected chi connectivity index (χ0v) is 34.9. The highest BCUT2D eigenvalue weighted by molar-refractivity contribution is 7.19. The molecule has 62 heavy (non-hydrogen) atoms. The van der Waals surface area contributed by atoms with Gasteiger partial charge in [-0.05, 0) is 85.8 Å². The minimum Gasteiger partial charge on any atom is -0.256 e. The number of aromatic nitrogens is 4. The Hall–Kier alpha value is -7.86. The van der Waals surface area contributed by atoms with Gasteiger partial charge in [-0.2, -0.15) is 0 Å². The van der Waals surface area contributed by atoms with E-state index >= 15 is 0 Å². The van der Waals surface area contributed by atoms with E-state index in [9.17, 15) is 0 Å². The average Bonchev–Trinajstić information content (AvgIpc) is 3.37. The van der Waals surface area contributed by atoms with Crippen LogP contribution in [0.4, 0.5) is 0 Å². The van der Waals surface area contributed by atoms with E-state index < -0.39 is 8.07 Å². The predicted molar refractivity (Wildman–Crippen MR) is 260 cm³/mol. The standard InChI is InChI=1S/C57H40N4Si/c1-39-32-34-58-53(35-39)54-38-50(40-17-6-2-7-18-40)47-30-31-48-51(37-52(60-56(48)57(47)61-54)49-29-15-19-41-21-16-33-59-55(41)49)42-20-14-28-46(36-42)62(43-22-8-3-9-23-43,44-24-10-4-11-25-44)45-26-12-5-13-27-45/h2-38H,1H3/i32D,34D,35D. The van der Waals surface area contributed by atoms with E-state index in [1.54, 1.807) is 6.92 Å². The molecule has 4 nitrogen and oxygen atoms in total. The van der Waals surface area contributed by atoms with Gasteiger partial charge in [0.15, 0.2) is 8.07 Å². The Bertz CT molecular complexity index is 3490. The Kier molecular flexibility index (Phi) is 8.55. The highest BCUT2D eigenvalue weighted by Crippen LogP contribution is 2.40. The lowest BCUT2D eigenvalue weighted by molar-refractivity contribution is 1.25. The fourth-order valence-corrected chi connectivity index (χ4v) is 13.9. The molecule has 0 N–H and O–H groups in total. The van der Waals surface area contributed by atoms with Crippen LogP contribution in [0.15, 0.2) is 225 Å². The maximum atomic E-state index is 9.12. The topological polar surface area (TPSA) is 51.6 Å². The van der Waals surface area contributed by atoms with Crippen molar-refractivity contribution in [1.82, 2.24) is 19.9 Å². The maximum Gasteiger partial charge on any atom is 0.179 e. The Morgan fingerprint density at radius 1 is 0.419 bits per heavy atom. The fourth-order valence-electron chi connectivity index (χ4n) is 9.15. The van der Waals surface area contributed by atoms with Crippen molar-refractivity contribution in [1.29, 1.82) is 0 Å². The lowest BCUT2D eigenvalue weighted by Crippen LogP contribution is -2.74. The first-order chi connectivity index (χ1) is 31.9. The van der Waals surface area contributed by atoms with Gasteiger partial charge in [0.25, 0.3) is 0 Å². The minimum absolute atomic E-state index is 0.0611. The van der Waals surface area contributed by atoms with Crippen molar-refractivity contribution in [3.8, 4) is 44.9 Å². The molecule has 0 radical (unpaired) electrons. The SMILES string of the molecule is [2H]c1nc(-c2cc(-c3ccccc3)c3ccc4c(-c5cccc([Si](c6ccccc6)(c6ccccc6)c6ccccc6)c5)cc(-c5cccc6cccnc56)nc4c3n2)c([2H])c(C)c1[2H]. The summed E-state index contributed by atoms with van der Waals surface area (Å²) in [4.78, 5) is 20.3. The van der Waals surface area contributed by atoms with E-state index in [0.717, 1.165) is 55.2 Å². The van der Waals surface area contributed by atoms with Gasteiger partial charge in [-0.1, -0.05) is 182 Å². The van der Waals surface area contributed by atoms with E-state index in [-0.39, 0.29) is 24.0 Å². The van der Waals surface area contributed by atoms with Crippen molar-refractivity contribution < 1.29 is 4.11 Å². The first kappa shape index (κ1) is 33.9. The first-order valence-electron chi connectivity index (χ1n) is 22.3. The van der Waals surface area contributed by atoms with Gasteiger partial charge in [-0.15, -0.1) is 0 Å². The number of nitrogens with zero attached hydrogens (tertiary/aromatic N) is 4. The van der Waals surface area contributed by atoms with Crippen molar-refractivity contribution in [2.45, 2.75) is 6.92 Å². The summed E-state index contributed by atoms with van der Waals surface area (Å²) in [6, 6.07) is 70.8. The molecule has 0 unspecified atom stereocenters. The monoisotopic (exact) mass is 811 g/mol. The van der Waals surface area contributed by atoms with Crippen LogP contribution in [-0.2, 0) is 0 Å². The molecule has 0 saturated carbocycles. The van der Waals surface area contributed by atoms with Gasteiger partial charge < -0.3 is 0 Å². The molecule has 0 aliphatic carbocycles. The molecule has 0 fully saturated rings. The van der Waals surface area contributed by atoms with E-state index in [2.05, 4.69) is 175 Å². The Morgan fingerprint density at radius 2 is 0.952 bits per heavy atom. The van der Waals surface area contributed by atoms with Crippen molar-refractivity contribution in [2.75, 3.05) is 0 Å². The molecular formula is C57H40N4Si. The van der Waals surface area contributed by atoms with E-state index in [4.69, 9.17) is 19.1 Å². The fraction of sp³-hybridized carbons (Fsp3) is 0.0175. The third kappa shape index (κ3) is 6.38. The summed E-state index contributed by atoms with van der Waals surface area (Å²) in [5.74, 6) is 0. The van der Waals surface area contributed by atoms with Crippen LogP contribution in [0.1, 0.15) is 9.68 Å². The first-order valence-corrected chi connectivity index (χ1v) is 22.8. The second-order valence-electron chi connectivity index (χ2n) is 15.6. The summed E-state index contributed by atoms with van der Waals surface area (Å²) in [7, 11) is -2.89. The highest BCUT2D eigenvalue weighted by atomic mass is 28.3. The van der Waals surface area contributed by atoms with Gasteiger partial charge in [-0.3, -0.25) is 9.97 Å². The number of fused-ring (bicyclic) bond motifs is 4.